The number of aryl methyl sites for hydroxylation is 1. The summed E-state index contributed by atoms with van der Waals surface area (Å²) in [7, 11) is 0. The molecule has 0 saturated heterocycles. The maximum Gasteiger partial charge on any atom is 0.191 e. The van der Waals surface area contributed by atoms with Crippen molar-refractivity contribution in [3.63, 3.8) is 0 Å². The van der Waals surface area contributed by atoms with Gasteiger partial charge in [-0.1, -0.05) is 22.0 Å². The Balaban J connectivity index is 2.00. The summed E-state index contributed by atoms with van der Waals surface area (Å²) in [5, 5.41) is 6.71. The van der Waals surface area contributed by atoms with Crippen LogP contribution in [0, 0.1) is 6.92 Å². The molecule has 3 nitrogen and oxygen atoms in total. The number of hydrogen-bond donors (Lipinski definition) is 2. The molecule has 4 heteroatoms. The number of guanidine groups is 1. The maximum atomic E-state index is 4.63. The topological polar surface area (TPSA) is 36.4 Å². The van der Waals surface area contributed by atoms with E-state index in [1.807, 2.05) is 0 Å². The highest BCUT2D eigenvalue weighted by Gasteiger charge is 2.21. The molecule has 0 aliphatic heterocycles. The third-order valence-corrected chi connectivity index (χ3v) is 3.47. The van der Waals surface area contributed by atoms with Gasteiger partial charge in [0.25, 0.3) is 0 Å². The van der Waals surface area contributed by atoms with Crippen LogP contribution in [0.15, 0.2) is 27.7 Å². The third kappa shape index (κ3) is 4.02. The highest BCUT2D eigenvalue weighted by Crippen LogP contribution is 2.19. The van der Waals surface area contributed by atoms with Crippen molar-refractivity contribution < 1.29 is 0 Å². The highest BCUT2D eigenvalue weighted by atomic mass is 79.9. The third-order valence-electron chi connectivity index (χ3n) is 2.97. The van der Waals surface area contributed by atoms with E-state index in [9.17, 15) is 0 Å². The van der Waals surface area contributed by atoms with Crippen LogP contribution < -0.4 is 10.6 Å². The van der Waals surface area contributed by atoms with E-state index in [2.05, 4.69) is 63.6 Å². The van der Waals surface area contributed by atoms with E-state index in [4.69, 9.17) is 0 Å². The summed E-state index contributed by atoms with van der Waals surface area (Å²) < 4.78 is 1.12. The minimum absolute atomic E-state index is 0.633. The molecule has 1 aromatic rings. The Morgan fingerprint density at radius 1 is 1.44 bits per heavy atom. The number of halogens is 1. The van der Waals surface area contributed by atoms with Crippen LogP contribution >= 0.6 is 15.9 Å². The van der Waals surface area contributed by atoms with Crippen molar-refractivity contribution in [2.75, 3.05) is 6.54 Å². The van der Waals surface area contributed by atoms with Gasteiger partial charge in [-0.05, 0) is 49.9 Å². The lowest BCUT2D eigenvalue weighted by atomic mass is 10.1. The van der Waals surface area contributed by atoms with E-state index < -0.39 is 0 Å². The molecule has 0 amide bonds. The molecular formula is C14H20BrN3. The Kier molecular flexibility index (Phi) is 4.64. The van der Waals surface area contributed by atoms with Gasteiger partial charge in [-0.15, -0.1) is 0 Å². The van der Waals surface area contributed by atoms with Gasteiger partial charge in [0.05, 0.1) is 6.54 Å². The van der Waals surface area contributed by atoms with Crippen LogP contribution in [0.4, 0.5) is 0 Å². The van der Waals surface area contributed by atoms with Gasteiger partial charge >= 0.3 is 0 Å². The quantitative estimate of drug-likeness (QED) is 0.662. The molecule has 0 atom stereocenters. The Hall–Kier alpha value is -1.03. The lowest BCUT2D eigenvalue weighted by molar-refractivity contribution is 0.811. The zero-order valence-corrected chi connectivity index (χ0v) is 12.5. The van der Waals surface area contributed by atoms with Crippen molar-refractivity contribution in [2.45, 2.75) is 39.3 Å². The number of nitrogens with zero attached hydrogens (tertiary/aromatic N) is 1. The zero-order chi connectivity index (χ0) is 13.0. The van der Waals surface area contributed by atoms with Gasteiger partial charge in [-0.2, -0.15) is 0 Å². The first kappa shape index (κ1) is 13.4. The van der Waals surface area contributed by atoms with Crippen LogP contribution in [0.5, 0.6) is 0 Å². The van der Waals surface area contributed by atoms with Crippen LogP contribution in [0.1, 0.15) is 30.9 Å². The summed E-state index contributed by atoms with van der Waals surface area (Å²) in [5.41, 5.74) is 2.54. The fourth-order valence-electron chi connectivity index (χ4n) is 1.74. The molecule has 1 aliphatic rings. The Morgan fingerprint density at radius 3 is 2.83 bits per heavy atom. The van der Waals surface area contributed by atoms with Gasteiger partial charge < -0.3 is 10.6 Å². The summed E-state index contributed by atoms with van der Waals surface area (Å²) in [6.07, 6.45) is 2.53. The van der Waals surface area contributed by atoms with Crippen LogP contribution in [0.2, 0.25) is 0 Å². The average Bonchev–Trinajstić information content (AvgIpc) is 3.12. The van der Waals surface area contributed by atoms with Crippen LogP contribution in [0.3, 0.4) is 0 Å². The van der Waals surface area contributed by atoms with Crippen molar-refractivity contribution in [3.05, 3.63) is 33.8 Å². The van der Waals surface area contributed by atoms with Gasteiger partial charge in [0.2, 0.25) is 0 Å². The standard InChI is InChI=1S/C14H20BrN3/c1-3-16-14(18-13-6-7-13)17-9-11-4-5-12(15)8-10(11)2/h4-5,8,13H,3,6-7,9H2,1-2H3,(H2,16,17,18). The van der Waals surface area contributed by atoms with Crippen molar-refractivity contribution in [3.8, 4) is 0 Å². The SMILES string of the molecule is CCNC(=NCc1ccc(Br)cc1C)NC1CC1. The van der Waals surface area contributed by atoms with E-state index in [0.29, 0.717) is 6.04 Å². The fourth-order valence-corrected chi connectivity index (χ4v) is 2.22. The zero-order valence-electron chi connectivity index (χ0n) is 11.0. The number of benzene rings is 1. The first-order chi connectivity index (χ1) is 8.69. The first-order valence-corrected chi connectivity index (χ1v) is 7.28. The van der Waals surface area contributed by atoms with Gasteiger partial charge in [0.15, 0.2) is 5.96 Å². The van der Waals surface area contributed by atoms with Gasteiger partial charge in [-0.3, -0.25) is 0 Å². The molecule has 98 valence electrons. The van der Waals surface area contributed by atoms with E-state index in [1.54, 1.807) is 0 Å². The number of aliphatic imine (C=N–C) groups is 1. The van der Waals surface area contributed by atoms with E-state index >= 15 is 0 Å². The second-order valence-corrected chi connectivity index (χ2v) is 5.60. The van der Waals surface area contributed by atoms with Gasteiger partial charge in [-0.25, -0.2) is 4.99 Å². The number of hydrogen-bond acceptors (Lipinski definition) is 1. The molecule has 1 aliphatic carbocycles. The summed E-state index contributed by atoms with van der Waals surface area (Å²) in [5.74, 6) is 0.933. The molecule has 0 heterocycles. The molecule has 1 saturated carbocycles. The van der Waals surface area contributed by atoms with Crippen molar-refractivity contribution in [2.24, 2.45) is 4.99 Å². The second kappa shape index (κ2) is 6.23. The normalized spacial score (nSPS) is 15.6. The minimum atomic E-state index is 0.633. The molecule has 0 unspecified atom stereocenters. The molecule has 0 bridgehead atoms. The second-order valence-electron chi connectivity index (χ2n) is 4.68. The Labute approximate surface area is 117 Å². The van der Waals surface area contributed by atoms with E-state index in [1.165, 1.54) is 24.0 Å². The Morgan fingerprint density at radius 2 is 2.22 bits per heavy atom. The van der Waals surface area contributed by atoms with Crippen molar-refractivity contribution in [1.29, 1.82) is 0 Å². The summed E-state index contributed by atoms with van der Waals surface area (Å²) >= 11 is 3.48. The minimum Gasteiger partial charge on any atom is -0.357 e. The van der Waals surface area contributed by atoms with Gasteiger partial charge in [0, 0.05) is 17.1 Å². The van der Waals surface area contributed by atoms with Crippen molar-refractivity contribution in [1.82, 2.24) is 10.6 Å². The highest BCUT2D eigenvalue weighted by molar-refractivity contribution is 9.10. The maximum absolute atomic E-state index is 4.63. The smallest absolute Gasteiger partial charge is 0.191 e. The monoisotopic (exact) mass is 309 g/mol. The molecular weight excluding hydrogens is 290 g/mol. The van der Waals surface area contributed by atoms with Crippen LogP contribution in [-0.4, -0.2) is 18.5 Å². The molecule has 18 heavy (non-hydrogen) atoms. The summed E-state index contributed by atoms with van der Waals surface area (Å²) in [6.45, 7) is 5.84. The largest absolute Gasteiger partial charge is 0.357 e. The van der Waals surface area contributed by atoms with E-state index in [-0.39, 0.29) is 0 Å². The Bertz CT molecular complexity index is 439. The first-order valence-electron chi connectivity index (χ1n) is 6.49. The average molecular weight is 310 g/mol. The predicted octanol–water partition coefficient (Wildman–Crippen LogP) is 2.98. The predicted molar refractivity (Wildman–Crippen MR) is 79.9 cm³/mol. The molecule has 1 fully saturated rings. The number of nitrogens with one attached hydrogen (secondary N) is 2. The van der Waals surface area contributed by atoms with Gasteiger partial charge in [0.1, 0.15) is 0 Å². The lowest BCUT2D eigenvalue weighted by Gasteiger charge is -2.11. The summed E-state index contributed by atoms with van der Waals surface area (Å²) in [4.78, 5) is 4.63. The lowest BCUT2D eigenvalue weighted by Crippen LogP contribution is -2.38. The van der Waals surface area contributed by atoms with Crippen molar-refractivity contribution >= 4 is 21.9 Å². The molecule has 2 N–H and O–H groups in total. The molecule has 0 radical (unpaired) electrons. The summed E-state index contributed by atoms with van der Waals surface area (Å²) in [6, 6.07) is 6.96. The fraction of sp³-hybridized carbons (Fsp3) is 0.500. The molecule has 0 spiro atoms. The van der Waals surface area contributed by atoms with E-state index in [0.717, 1.165) is 23.5 Å². The van der Waals surface area contributed by atoms with Crippen LogP contribution in [-0.2, 0) is 6.54 Å². The number of rotatable bonds is 4. The molecule has 1 aromatic carbocycles. The molecule has 2 rings (SSSR count). The van der Waals surface area contributed by atoms with Crippen LogP contribution in [0.25, 0.3) is 0 Å². The molecule has 0 aromatic heterocycles.